The molecule has 1 aliphatic carbocycles. The van der Waals surface area contributed by atoms with E-state index in [9.17, 15) is 4.79 Å². The van der Waals surface area contributed by atoms with E-state index in [1.807, 2.05) is 19.2 Å². The number of hydrogen-bond donors (Lipinski definition) is 1. The summed E-state index contributed by atoms with van der Waals surface area (Å²) >= 11 is 0. The van der Waals surface area contributed by atoms with Crippen molar-refractivity contribution in [2.45, 2.75) is 51.5 Å². The molecule has 30 heavy (non-hydrogen) atoms. The first-order valence-electron chi connectivity index (χ1n) is 11.1. The minimum Gasteiger partial charge on any atom is -0.330 e. The zero-order valence-corrected chi connectivity index (χ0v) is 17.9. The van der Waals surface area contributed by atoms with Crippen molar-refractivity contribution in [3.05, 3.63) is 41.0 Å². The number of likely N-dealkylation sites (tertiary alicyclic amines) is 1. The Balaban J connectivity index is 1.37. The molecule has 0 radical (unpaired) electrons. The minimum atomic E-state index is -0.0861. The van der Waals surface area contributed by atoms with E-state index < -0.39 is 0 Å². The number of hydrogen-bond acceptors (Lipinski definition) is 4. The van der Waals surface area contributed by atoms with Crippen molar-refractivity contribution in [2.75, 3.05) is 18.4 Å². The van der Waals surface area contributed by atoms with Gasteiger partial charge in [0.05, 0.1) is 23.3 Å². The summed E-state index contributed by atoms with van der Waals surface area (Å²) in [6, 6.07) is 6.00. The second kappa shape index (κ2) is 7.87. The fourth-order valence-electron chi connectivity index (χ4n) is 4.94. The van der Waals surface area contributed by atoms with E-state index >= 15 is 0 Å². The van der Waals surface area contributed by atoms with Crippen LogP contribution in [-0.4, -0.2) is 43.2 Å². The van der Waals surface area contributed by atoms with Gasteiger partial charge in [0, 0.05) is 25.3 Å². The number of benzene rings is 1. The number of nitrogens with zero attached hydrogens (tertiary/aromatic N) is 5. The van der Waals surface area contributed by atoms with Gasteiger partial charge < -0.3 is 9.88 Å². The molecule has 2 aliphatic rings. The molecule has 1 N–H and O–H groups in total. The van der Waals surface area contributed by atoms with Crippen molar-refractivity contribution in [1.29, 1.82) is 0 Å². The second-order valence-corrected chi connectivity index (χ2v) is 8.69. The van der Waals surface area contributed by atoms with Gasteiger partial charge >= 0.3 is 0 Å². The van der Waals surface area contributed by atoms with Crippen molar-refractivity contribution in [3.63, 3.8) is 0 Å². The zero-order valence-electron chi connectivity index (χ0n) is 17.9. The fourth-order valence-corrected chi connectivity index (χ4v) is 4.94. The SMILES string of the molecule is Cn1nc2c(c1C(=O)Nc1ccc3c(c1)nc(CN1CCCCC1)n3C)CCCC2. The molecule has 0 atom stereocenters. The molecule has 0 unspecified atom stereocenters. The highest BCUT2D eigenvalue weighted by Crippen LogP contribution is 2.26. The van der Waals surface area contributed by atoms with Crippen LogP contribution in [0.1, 0.15) is 59.7 Å². The fraction of sp³-hybridized carbons (Fsp3) is 0.522. The van der Waals surface area contributed by atoms with Crippen molar-refractivity contribution in [1.82, 2.24) is 24.2 Å². The van der Waals surface area contributed by atoms with E-state index in [0.717, 1.165) is 79.1 Å². The molecule has 0 spiro atoms. The number of anilines is 1. The van der Waals surface area contributed by atoms with Crippen LogP contribution >= 0.6 is 0 Å². The highest BCUT2D eigenvalue weighted by molar-refractivity contribution is 6.05. The van der Waals surface area contributed by atoms with E-state index in [2.05, 4.69) is 33.0 Å². The Kier molecular flexibility index (Phi) is 5.06. The summed E-state index contributed by atoms with van der Waals surface area (Å²) in [7, 11) is 3.94. The molecule has 0 bridgehead atoms. The number of aromatic nitrogens is 4. The molecule has 7 nitrogen and oxygen atoms in total. The second-order valence-electron chi connectivity index (χ2n) is 8.69. The van der Waals surface area contributed by atoms with Crippen molar-refractivity contribution < 1.29 is 4.79 Å². The third-order valence-electron chi connectivity index (χ3n) is 6.58. The Hall–Kier alpha value is -2.67. The number of carbonyl (C=O) groups excluding carboxylic acids is 1. The molecule has 1 saturated heterocycles. The van der Waals surface area contributed by atoms with Gasteiger partial charge in [0.2, 0.25) is 0 Å². The smallest absolute Gasteiger partial charge is 0.274 e. The number of nitrogens with one attached hydrogen (secondary N) is 1. The monoisotopic (exact) mass is 406 g/mol. The van der Waals surface area contributed by atoms with Crippen LogP contribution in [-0.2, 0) is 33.5 Å². The third-order valence-corrected chi connectivity index (χ3v) is 6.58. The van der Waals surface area contributed by atoms with Gasteiger partial charge in [0.1, 0.15) is 11.5 Å². The molecule has 158 valence electrons. The Morgan fingerprint density at radius 3 is 2.70 bits per heavy atom. The maximum atomic E-state index is 13.0. The summed E-state index contributed by atoms with van der Waals surface area (Å²) in [5.74, 6) is 0.994. The van der Waals surface area contributed by atoms with Crippen molar-refractivity contribution >= 4 is 22.6 Å². The van der Waals surface area contributed by atoms with Crippen LogP contribution in [0.25, 0.3) is 11.0 Å². The predicted octanol–water partition coefficient (Wildman–Crippen LogP) is 3.42. The molecule has 0 saturated carbocycles. The normalized spacial score (nSPS) is 17.3. The molecule has 3 heterocycles. The lowest BCUT2D eigenvalue weighted by atomic mass is 9.95. The average molecular weight is 407 g/mol. The standard InChI is InChI=1S/C23H30N6O/c1-27-20-11-10-16(14-19(20)25-21(27)15-29-12-6-3-7-13-29)24-23(30)22-17-8-4-5-9-18(17)26-28(22)2/h10-11,14H,3-9,12-13,15H2,1-2H3,(H,24,30). The third kappa shape index (κ3) is 3.51. The first-order valence-corrected chi connectivity index (χ1v) is 11.1. The molecule has 1 aliphatic heterocycles. The van der Waals surface area contributed by atoms with E-state index in [-0.39, 0.29) is 5.91 Å². The Morgan fingerprint density at radius 2 is 1.87 bits per heavy atom. The van der Waals surface area contributed by atoms with E-state index in [1.165, 1.54) is 19.3 Å². The van der Waals surface area contributed by atoms with Gasteiger partial charge in [-0.3, -0.25) is 14.4 Å². The summed E-state index contributed by atoms with van der Waals surface area (Å²) < 4.78 is 3.91. The maximum Gasteiger partial charge on any atom is 0.274 e. The molecule has 7 heteroatoms. The number of imidazole rings is 1. The minimum absolute atomic E-state index is 0.0861. The van der Waals surface area contributed by atoms with Crippen molar-refractivity contribution in [3.8, 4) is 0 Å². The predicted molar refractivity (Wildman–Crippen MR) is 118 cm³/mol. The van der Waals surface area contributed by atoms with Gasteiger partial charge in [0.15, 0.2) is 0 Å². The molecule has 1 aromatic carbocycles. The topological polar surface area (TPSA) is 68.0 Å². The van der Waals surface area contributed by atoms with E-state index in [1.54, 1.807) is 4.68 Å². The van der Waals surface area contributed by atoms with Crippen LogP contribution in [0.15, 0.2) is 18.2 Å². The lowest BCUT2D eigenvalue weighted by Crippen LogP contribution is -2.30. The number of piperidine rings is 1. The van der Waals surface area contributed by atoms with Gasteiger partial charge in [-0.05, 0) is 69.8 Å². The van der Waals surface area contributed by atoms with Crippen LogP contribution < -0.4 is 5.32 Å². The molecular weight excluding hydrogens is 376 g/mol. The zero-order chi connectivity index (χ0) is 20.7. The number of rotatable bonds is 4. The summed E-state index contributed by atoms with van der Waals surface area (Å²) in [6.45, 7) is 3.19. The van der Waals surface area contributed by atoms with Gasteiger partial charge in [-0.2, -0.15) is 5.10 Å². The highest BCUT2D eigenvalue weighted by Gasteiger charge is 2.24. The molecule has 1 amide bonds. The molecule has 5 rings (SSSR count). The van der Waals surface area contributed by atoms with Crippen LogP contribution in [0, 0.1) is 0 Å². The van der Waals surface area contributed by atoms with E-state index in [0.29, 0.717) is 5.69 Å². The van der Waals surface area contributed by atoms with Crippen LogP contribution in [0.4, 0.5) is 5.69 Å². The van der Waals surface area contributed by atoms with Crippen LogP contribution in [0.2, 0.25) is 0 Å². The van der Waals surface area contributed by atoms with Gasteiger partial charge in [0.25, 0.3) is 5.91 Å². The highest BCUT2D eigenvalue weighted by atomic mass is 16.2. The van der Waals surface area contributed by atoms with Crippen molar-refractivity contribution in [2.24, 2.45) is 14.1 Å². The molecule has 1 fully saturated rings. The van der Waals surface area contributed by atoms with Gasteiger partial charge in [-0.25, -0.2) is 4.98 Å². The van der Waals surface area contributed by atoms with Crippen LogP contribution in [0.3, 0.4) is 0 Å². The molecular formula is C23H30N6O. The summed E-state index contributed by atoms with van der Waals surface area (Å²) in [5.41, 5.74) is 5.69. The largest absolute Gasteiger partial charge is 0.330 e. The van der Waals surface area contributed by atoms with Gasteiger partial charge in [-0.1, -0.05) is 6.42 Å². The maximum absolute atomic E-state index is 13.0. The Morgan fingerprint density at radius 1 is 1.07 bits per heavy atom. The van der Waals surface area contributed by atoms with E-state index in [4.69, 9.17) is 4.98 Å². The first-order chi connectivity index (χ1) is 14.6. The quantitative estimate of drug-likeness (QED) is 0.721. The summed E-state index contributed by atoms with van der Waals surface area (Å²) in [4.78, 5) is 20.4. The molecule has 2 aromatic heterocycles. The van der Waals surface area contributed by atoms with Crippen LogP contribution in [0.5, 0.6) is 0 Å². The Labute approximate surface area is 177 Å². The number of aryl methyl sites for hydroxylation is 3. The average Bonchev–Trinajstić information content (AvgIpc) is 3.24. The lowest BCUT2D eigenvalue weighted by Gasteiger charge is -2.25. The number of carbonyl (C=O) groups is 1. The lowest BCUT2D eigenvalue weighted by molar-refractivity contribution is 0.101. The number of fused-ring (bicyclic) bond motifs is 2. The first kappa shape index (κ1) is 19.3. The van der Waals surface area contributed by atoms with Gasteiger partial charge in [-0.15, -0.1) is 0 Å². The Bertz CT molecular complexity index is 1090. The molecule has 3 aromatic rings. The summed E-state index contributed by atoms with van der Waals surface area (Å²) in [5, 5.41) is 7.65. The number of amides is 1. The summed E-state index contributed by atoms with van der Waals surface area (Å²) in [6.07, 6.45) is 8.07.